The molecule has 1 rings (SSSR count). The molecule has 0 fully saturated rings. The van der Waals surface area contributed by atoms with Crippen molar-refractivity contribution in [2.75, 3.05) is 13.7 Å². The normalized spacial score (nSPS) is 11.8. The number of carbonyl (C=O) groups excluding carboxylic acids is 1. The van der Waals surface area contributed by atoms with Gasteiger partial charge in [-0.15, -0.1) is 0 Å². The van der Waals surface area contributed by atoms with E-state index in [1.807, 2.05) is 0 Å². The average molecular weight is 283 g/mol. The van der Waals surface area contributed by atoms with Crippen LogP contribution in [0.15, 0.2) is 12.1 Å². The Kier molecular flexibility index (Phi) is 5.27. The monoisotopic (exact) mass is 283 g/mol. The van der Waals surface area contributed by atoms with Crippen LogP contribution in [0.2, 0.25) is 0 Å². The molecule has 0 spiro atoms. The van der Waals surface area contributed by atoms with Gasteiger partial charge in [-0.2, -0.15) is 0 Å². The molecule has 20 heavy (non-hydrogen) atoms. The summed E-state index contributed by atoms with van der Waals surface area (Å²) < 4.78 is 10.5. The Labute approximate surface area is 115 Å². The third kappa shape index (κ3) is 3.58. The van der Waals surface area contributed by atoms with Gasteiger partial charge in [0.1, 0.15) is 0 Å². The van der Waals surface area contributed by atoms with Crippen LogP contribution in [0.4, 0.5) is 5.69 Å². The van der Waals surface area contributed by atoms with E-state index in [0.717, 1.165) is 0 Å². The van der Waals surface area contributed by atoms with Crippen LogP contribution in [0.1, 0.15) is 12.5 Å². The Balaban J connectivity index is 3.08. The van der Waals surface area contributed by atoms with Crippen molar-refractivity contribution in [2.45, 2.75) is 13.5 Å². The van der Waals surface area contributed by atoms with E-state index in [1.54, 1.807) is 6.92 Å². The summed E-state index contributed by atoms with van der Waals surface area (Å²) in [6.07, 6.45) is 0. The molecule has 1 atom stereocenters. The number of nitrogens with zero attached hydrogens (tertiary/aromatic N) is 1. The highest BCUT2D eigenvalue weighted by atomic mass is 16.6. The molecule has 1 unspecified atom stereocenters. The number of primary amides is 1. The molecule has 110 valence electrons. The molecule has 0 aliphatic rings. The summed E-state index contributed by atoms with van der Waals surface area (Å²) in [5.41, 5.74) is 10.8. The number of nitro groups is 1. The van der Waals surface area contributed by atoms with Gasteiger partial charge in [0.05, 0.1) is 30.6 Å². The molecule has 0 bridgehead atoms. The lowest BCUT2D eigenvalue weighted by Gasteiger charge is -2.14. The van der Waals surface area contributed by atoms with Crippen LogP contribution in [0, 0.1) is 16.0 Å². The molecule has 0 aliphatic heterocycles. The first-order valence-corrected chi connectivity index (χ1v) is 5.88. The lowest BCUT2D eigenvalue weighted by atomic mass is 10.1. The summed E-state index contributed by atoms with van der Waals surface area (Å²) >= 11 is 0. The third-order valence-corrected chi connectivity index (χ3v) is 2.76. The van der Waals surface area contributed by atoms with Crippen molar-refractivity contribution in [1.82, 2.24) is 0 Å². The van der Waals surface area contributed by atoms with Gasteiger partial charge in [-0.25, -0.2) is 0 Å². The molecule has 0 aliphatic carbocycles. The van der Waals surface area contributed by atoms with Gasteiger partial charge < -0.3 is 20.9 Å². The van der Waals surface area contributed by atoms with Crippen molar-refractivity contribution in [3.63, 3.8) is 0 Å². The van der Waals surface area contributed by atoms with Crippen molar-refractivity contribution < 1.29 is 19.2 Å². The Morgan fingerprint density at radius 2 is 2.10 bits per heavy atom. The number of methoxy groups -OCH3 is 1. The van der Waals surface area contributed by atoms with E-state index >= 15 is 0 Å². The van der Waals surface area contributed by atoms with E-state index in [4.69, 9.17) is 20.9 Å². The first kappa shape index (κ1) is 15.7. The number of nitrogens with two attached hydrogens (primary N) is 2. The highest BCUT2D eigenvalue weighted by Gasteiger charge is 2.20. The van der Waals surface area contributed by atoms with Gasteiger partial charge in [-0.1, -0.05) is 6.92 Å². The second kappa shape index (κ2) is 6.71. The molecule has 0 aromatic heterocycles. The summed E-state index contributed by atoms with van der Waals surface area (Å²) in [7, 11) is 1.41. The number of carbonyl (C=O) groups is 1. The Bertz CT molecular complexity index is 518. The summed E-state index contributed by atoms with van der Waals surface area (Å²) in [4.78, 5) is 21.3. The van der Waals surface area contributed by atoms with Crippen molar-refractivity contribution in [2.24, 2.45) is 17.4 Å². The summed E-state index contributed by atoms with van der Waals surface area (Å²) in [5, 5.41) is 11.0. The quantitative estimate of drug-likeness (QED) is 0.555. The van der Waals surface area contributed by atoms with Crippen LogP contribution in [0.25, 0.3) is 0 Å². The number of hydrogen-bond acceptors (Lipinski definition) is 6. The van der Waals surface area contributed by atoms with Crippen LogP contribution in [0.5, 0.6) is 11.5 Å². The minimum Gasteiger partial charge on any atom is -0.493 e. The molecule has 4 N–H and O–H groups in total. The fraction of sp³-hybridized carbons (Fsp3) is 0.417. The Hall–Kier alpha value is -2.35. The largest absolute Gasteiger partial charge is 0.493 e. The maximum absolute atomic E-state index is 11.0. The fourth-order valence-corrected chi connectivity index (χ4v) is 1.49. The molecular formula is C12H17N3O5. The molecule has 1 aromatic carbocycles. The predicted molar refractivity (Wildman–Crippen MR) is 71.4 cm³/mol. The molecule has 8 nitrogen and oxygen atoms in total. The van der Waals surface area contributed by atoms with Crippen molar-refractivity contribution in [3.8, 4) is 11.5 Å². The SMILES string of the molecule is COc1cc(CN)c([N+](=O)[O-])cc1OCC(C)C(N)=O. The Morgan fingerprint density at radius 3 is 2.55 bits per heavy atom. The van der Waals surface area contributed by atoms with E-state index in [1.165, 1.54) is 19.2 Å². The van der Waals surface area contributed by atoms with Crippen LogP contribution >= 0.6 is 0 Å². The second-order valence-electron chi connectivity index (χ2n) is 4.21. The highest BCUT2D eigenvalue weighted by Crippen LogP contribution is 2.34. The number of nitro benzene ring substituents is 1. The summed E-state index contributed by atoms with van der Waals surface area (Å²) in [6.45, 7) is 1.60. The zero-order valence-corrected chi connectivity index (χ0v) is 11.3. The molecular weight excluding hydrogens is 266 g/mol. The van der Waals surface area contributed by atoms with Gasteiger partial charge in [0, 0.05) is 12.1 Å². The molecule has 0 radical (unpaired) electrons. The van der Waals surface area contributed by atoms with Gasteiger partial charge in [0.2, 0.25) is 5.91 Å². The summed E-state index contributed by atoms with van der Waals surface area (Å²) in [6, 6.07) is 2.68. The van der Waals surface area contributed by atoms with Gasteiger partial charge in [-0.05, 0) is 6.07 Å². The first-order chi connectivity index (χ1) is 9.40. The van der Waals surface area contributed by atoms with Crippen LogP contribution in [0.3, 0.4) is 0 Å². The maximum atomic E-state index is 11.0. The minimum atomic E-state index is -0.550. The maximum Gasteiger partial charge on any atom is 0.277 e. The topological polar surface area (TPSA) is 131 Å². The molecule has 1 aromatic rings. The molecule has 0 saturated heterocycles. The van der Waals surface area contributed by atoms with E-state index in [2.05, 4.69) is 0 Å². The van der Waals surface area contributed by atoms with Crippen LogP contribution in [-0.4, -0.2) is 24.5 Å². The van der Waals surface area contributed by atoms with Crippen LogP contribution in [-0.2, 0) is 11.3 Å². The van der Waals surface area contributed by atoms with Gasteiger partial charge in [-0.3, -0.25) is 14.9 Å². The van der Waals surface area contributed by atoms with Gasteiger partial charge >= 0.3 is 0 Å². The van der Waals surface area contributed by atoms with E-state index < -0.39 is 16.7 Å². The van der Waals surface area contributed by atoms with E-state index in [9.17, 15) is 14.9 Å². The third-order valence-electron chi connectivity index (χ3n) is 2.76. The van der Waals surface area contributed by atoms with Gasteiger partial charge in [0.15, 0.2) is 11.5 Å². The van der Waals surface area contributed by atoms with E-state index in [0.29, 0.717) is 11.3 Å². The average Bonchev–Trinajstić information content (AvgIpc) is 2.43. The number of rotatable bonds is 7. The summed E-state index contributed by atoms with van der Waals surface area (Å²) in [5.74, 6) is -0.554. The predicted octanol–water partition coefficient (Wildman–Crippen LogP) is 0.562. The Morgan fingerprint density at radius 1 is 1.45 bits per heavy atom. The lowest BCUT2D eigenvalue weighted by Crippen LogP contribution is -2.25. The molecule has 0 heterocycles. The molecule has 8 heteroatoms. The zero-order valence-electron chi connectivity index (χ0n) is 11.3. The molecule has 1 amide bonds. The van der Waals surface area contributed by atoms with Crippen molar-refractivity contribution in [1.29, 1.82) is 0 Å². The minimum absolute atomic E-state index is 0.00461. The first-order valence-electron chi connectivity index (χ1n) is 5.88. The number of benzene rings is 1. The number of amides is 1. The van der Waals surface area contributed by atoms with Crippen LogP contribution < -0.4 is 20.9 Å². The lowest BCUT2D eigenvalue weighted by molar-refractivity contribution is -0.385. The van der Waals surface area contributed by atoms with E-state index in [-0.39, 0.29) is 24.6 Å². The highest BCUT2D eigenvalue weighted by molar-refractivity contribution is 5.76. The van der Waals surface area contributed by atoms with Crippen molar-refractivity contribution >= 4 is 11.6 Å². The zero-order chi connectivity index (χ0) is 15.3. The van der Waals surface area contributed by atoms with Gasteiger partial charge in [0.25, 0.3) is 5.69 Å². The fourth-order valence-electron chi connectivity index (χ4n) is 1.49. The smallest absolute Gasteiger partial charge is 0.277 e. The van der Waals surface area contributed by atoms with Crippen molar-refractivity contribution in [3.05, 3.63) is 27.8 Å². The molecule has 0 saturated carbocycles. The second-order valence-corrected chi connectivity index (χ2v) is 4.21. The number of ether oxygens (including phenoxy) is 2. The number of hydrogen-bond donors (Lipinski definition) is 2. The standard InChI is InChI=1S/C12H17N3O5/c1-7(12(14)16)6-20-11-4-9(15(17)18)8(5-13)3-10(11)19-2/h3-4,7H,5-6,13H2,1-2H3,(H2,14,16).